The summed E-state index contributed by atoms with van der Waals surface area (Å²) in [7, 11) is 0. The first kappa shape index (κ1) is 17.6. The van der Waals surface area contributed by atoms with Crippen molar-refractivity contribution < 1.29 is 4.79 Å². The highest BCUT2D eigenvalue weighted by atomic mass is 32.2. The zero-order chi connectivity index (χ0) is 17.6. The summed E-state index contributed by atoms with van der Waals surface area (Å²) < 4.78 is 2.01. The Kier molecular flexibility index (Phi) is 5.83. The van der Waals surface area contributed by atoms with Crippen LogP contribution in [0.15, 0.2) is 47.2 Å². The molecule has 1 N–H and O–H groups in total. The Bertz CT molecular complexity index is 817. The predicted molar refractivity (Wildman–Crippen MR) is 101 cm³/mol. The van der Waals surface area contributed by atoms with Crippen LogP contribution < -0.4 is 5.32 Å². The third-order valence-electron chi connectivity index (χ3n) is 3.65. The first-order valence-electron chi connectivity index (χ1n) is 7.98. The smallest absolute Gasteiger partial charge is 0.230 e. The number of pyridine rings is 1. The van der Waals surface area contributed by atoms with Crippen LogP contribution in [0, 0.1) is 0 Å². The normalized spacial score (nSPS) is 12.1. The van der Waals surface area contributed by atoms with E-state index < -0.39 is 0 Å². The highest BCUT2D eigenvalue weighted by Crippen LogP contribution is 2.24. The molecule has 0 aliphatic heterocycles. The molecule has 3 aromatic heterocycles. The highest BCUT2D eigenvalue weighted by Gasteiger charge is 2.16. The van der Waals surface area contributed by atoms with Gasteiger partial charge in [-0.2, -0.15) is 0 Å². The number of carbonyl (C=O) groups excluding carboxylic acids is 1. The van der Waals surface area contributed by atoms with Crippen molar-refractivity contribution in [3.05, 3.63) is 46.9 Å². The summed E-state index contributed by atoms with van der Waals surface area (Å²) in [4.78, 5) is 17.4. The lowest BCUT2D eigenvalue weighted by molar-refractivity contribution is -0.119. The molecule has 0 fully saturated rings. The summed E-state index contributed by atoms with van der Waals surface area (Å²) in [6, 6.07) is 7.84. The largest absolute Gasteiger partial charge is 0.348 e. The first-order valence-corrected chi connectivity index (χ1v) is 9.84. The molecule has 3 heterocycles. The lowest BCUT2D eigenvalue weighted by Crippen LogP contribution is -2.27. The number of hydrogen-bond donors (Lipinski definition) is 1. The van der Waals surface area contributed by atoms with Crippen LogP contribution >= 0.6 is 23.1 Å². The molecule has 0 spiro atoms. The maximum atomic E-state index is 12.2. The number of nitrogens with zero attached hydrogens (tertiary/aromatic N) is 4. The molecule has 130 valence electrons. The van der Waals surface area contributed by atoms with E-state index in [2.05, 4.69) is 20.5 Å². The van der Waals surface area contributed by atoms with E-state index in [0.717, 1.165) is 28.0 Å². The van der Waals surface area contributed by atoms with E-state index in [1.54, 1.807) is 23.7 Å². The van der Waals surface area contributed by atoms with Crippen molar-refractivity contribution in [2.75, 3.05) is 5.75 Å². The quantitative estimate of drug-likeness (QED) is 0.643. The molecule has 0 aliphatic carbocycles. The zero-order valence-corrected chi connectivity index (χ0v) is 15.7. The van der Waals surface area contributed by atoms with Gasteiger partial charge in [0.2, 0.25) is 5.91 Å². The summed E-state index contributed by atoms with van der Waals surface area (Å²) in [5.74, 6) is 1.09. The summed E-state index contributed by atoms with van der Waals surface area (Å²) in [5.41, 5.74) is 0.965. The van der Waals surface area contributed by atoms with Gasteiger partial charge in [0.15, 0.2) is 11.0 Å². The van der Waals surface area contributed by atoms with Crippen molar-refractivity contribution in [3.8, 4) is 11.4 Å². The third-order valence-corrected chi connectivity index (χ3v) is 5.67. The van der Waals surface area contributed by atoms with E-state index in [9.17, 15) is 4.79 Å². The van der Waals surface area contributed by atoms with Crippen LogP contribution in [0.2, 0.25) is 0 Å². The van der Waals surface area contributed by atoms with Crippen molar-refractivity contribution in [3.63, 3.8) is 0 Å². The maximum Gasteiger partial charge on any atom is 0.230 e. The van der Waals surface area contributed by atoms with Crippen molar-refractivity contribution >= 4 is 29.0 Å². The Balaban J connectivity index is 1.63. The van der Waals surface area contributed by atoms with Crippen molar-refractivity contribution in [2.24, 2.45) is 0 Å². The minimum absolute atomic E-state index is 0.0120. The minimum atomic E-state index is -0.0120. The molecule has 1 atom stereocenters. The third kappa shape index (κ3) is 4.26. The van der Waals surface area contributed by atoms with Crippen molar-refractivity contribution in [2.45, 2.75) is 31.6 Å². The Morgan fingerprint density at radius 1 is 1.32 bits per heavy atom. The number of nitrogens with one attached hydrogen (secondary N) is 1. The number of thioether (sulfide) groups is 1. The number of thiophene rings is 1. The molecule has 0 saturated heterocycles. The molecule has 0 aromatic carbocycles. The molecule has 0 bridgehead atoms. The molecule has 3 rings (SSSR count). The van der Waals surface area contributed by atoms with E-state index in [1.165, 1.54) is 11.8 Å². The fraction of sp³-hybridized carbons (Fsp3) is 0.294. The number of carbonyl (C=O) groups is 1. The summed E-state index contributed by atoms with van der Waals surface area (Å²) in [6.45, 7) is 4.77. The van der Waals surface area contributed by atoms with E-state index in [4.69, 9.17) is 0 Å². The number of hydrogen-bond acceptors (Lipinski definition) is 6. The number of rotatable bonds is 7. The van der Waals surface area contributed by atoms with Gasteiger partial charge in [0.1, 0.15) is 0 Å². The van der Waals surface area contributed by atoms with Gasteiger partial charge in [-0.05, 0) is 37.4 Å². The molecule has 0 aliphatic rings. The SMILES string of the molecule is CCn1c(SCC(=O)NC(C)c2cccs2)nnc1-c1ccncc1. The Morgan fingerprint density at radius 3 is 2.80 bits per heavy atom. The molecular weight excluding hydrogens is 354 g/mol. The molecule has 25 heavy (non-hydrogen) atoms. The van der Waals surface area contributed by atoms with Crippen molar-refractivity contribution in [1.82, 2.24) is 25.1 Å². The maximum absolute atomic E-state index is 12.2. The van der Waals surface area contributed by atoms with Gasteiger partial charge in [-0.25, -0.2) is 0 Å². The first-order chi connectivity index (χ1) is 12.2. The van der Waals surface area contributed by atoms with Crippen LogP contribution in [0.4, 0.5) is 0 Å². The van der Waals surface area contributed by atoms with Crippen LogP contribution in [-0.4, -0.2) is 31.4 Å². The Hall–Kier alpha value is -2.19. The second-order valence-electron chi connectivity index (χ2n) is 5.38. The Labute approximate surface area is 154 Å². The fourth-order valence-corrected chi connectivity index (χ4v) is 3.97. The topological polar surface area (TPSA) is 72.7 Å². The van der Waals surface area contributed by atoms with Crippen LogP contribution in [0.5, 0.6) is 0 Å². The fourth-order valence-electron chi connectivity index (χ4n) is 2.42. The van der Waals surface area contributed by atoms with Gasteiger partial charge < -0.3 is 9.88 Å². The van der Waals surface area contributed by atoms with E-state index in [-0.39, 0.29) is 11.9 Å². The van der Waals surface area contributed by atoms with Crippen LogP contribution in [-0.2, 0) is 11.3 Å². The van der Waals surface area contributed by atoms with Crippen LogP contribution in [0.3, 0.4) is 0 Å². The Morgan fingerprint density at radius 2 is 2.12 bits per heavy atom. The van der Waals surface area contributed by atoms with Gasteiger partial charge >= 0.3 is 0 Å². The predicted octanol–water partition coefficient (Wildman–Crippen LogP) is 3.39. The summed E-state index contributed by atoms with van der Waals surface area (Å²) in [6.07, 6.45) is 3.46. The highest BCUT2D eigenvalue weighted by molar-refractivity contribution is 7.99. The molecule has 0 saturated carbocycles. The molecule has 0 radical (unpaired) electrons. The van der Waals surface area contributed by atoms with Gasteiger partial charge in [0.05, 0.1) is 11.8 Å². The van der Waals surface area contributed by atoms with Gasteiger partial charge in [-0.3, -0.25) is 9.78 Å². The second-order valence-corrected chi connectivity index (χ2v) is 7.30. The standard InChI is InChI=1S/C17H19N5OS2/c1-3-22-16(13-6-8-18-9-7-13)20-21-17(22)25-11-15(23)19-12(2)14-5-4-10-24-14/h4-10,12H,3,11H2,1-2H3,(H,19,23). The van der Waals surface area contributed by atoms with Crippen molar-refractivity contribution in [1.29, 1.82) is 0 Å². The lowest BCUT2D eigenvalue weighted by atomic mass is 10.2. The lowest BCUT2D eigenvalue weighted by Gasteiger charge is -2.12. The second kappa shape index (κ2) is 8.26. The van der Waals surface area contributed by atoms with Gasteiger partial charge in [0, 0.05) is 29.4 Å². The molecule has 1 amide bonds. The van der Waals surface area contributed by atoms with Gasteiger partial charge in [0.25, 0.3) is 0 Å². The average molecular weight is 374 g/mol. The van der Waals surface area contributed by atoms with Gasteiger partial charge in [-0.15, -0.1) is 21.5 Å². The number of amides is 1. The van der Waals surface area contributed by atoms with E-state index in [1.807, 2.05) is 48.1 Å². The average Bonchev–Trinajstić information content (AvgIpc) is 3.30. The van der Waals surface area contributed by atoms with Crippen LogP contribution in [0.25, 0.3) is 11.4 Å². The molecular formula is C17H19N5OS2. The minimum Gasteiger partial charge on any atom is -0.348 e. The van der Waals surface area contributed by atoms with Gasteiger partial charge in [-0.1, -0.05) is 17.8 Å². The molecule has 8 heteroatoms. The van der Waals surface area contributed by atoms with E-state index in [0.29, 0.717) is 5.75 Å². The summed E-state index contributed by atoms with van der Waals surface area (Å²) in [5, 5.41) is 14.3. The van der Waals surface area contributed by atoms with E-state index >= 15 is 0 Å². The van der Waals surface area contributed by atoms with Crippen LogP contribution in [0.1, 0.15) is 24.8 Å². The number of aromatic nitrogens is 4. The molecule has 3 aromatic rings. The summed E-state index contributed by atoms with van der Waals surface area (Å²) >= 11 is 3.04. The monoisotopic (exact) mass is 373 g/mol. The molecule has 6 nitrogen and oxygen atoms in total. The molecule has 1 unspecified atom stereocenters. The zero-order valence-electron chi connectivity index (χ0n) is 14.0.